The lowest BCUT2D eigenvalue weighted by molar-refractivity contribution is 0.0988. The number of carbonyl (C=O) groups is 1. The number of hydrogen-bond acceptors (Lipinski definition) is 2. The molecular weight excluding hydrogens is 246 g/mol. The second kappa shape index (κ2) is 6.90. The molecule has 2 rings (SSSR count). The molecule has 0 aliphatic carbocycles. The van der Waals surface area contributed by atoms with Crippen LogP contribution in [0.15, 0.2) is 54.6 Å². The summed E-state index contributed by atoms with van der Waals surface area (Å²) in [4.78, 5) is 11.6. The van der Waals surface area contributed by atoms with Crippen molar-refractivity contribution in [3.63, 3.8) is 0 Å². The quantitative estimate of drug-likeness (QED) is 0.790. The molecule has 1 N–H and O–H groups in total. The number of ketones is 1. The number of nitrogens with one attached hydrogen (secondary N) is 1. The third kappa shape index (κ3) is 3.95. The van der Waals surface area contributed by atoms with Crippen LogP contribution in [0.5, 0.6) is 0 Å². The van der Waals surface area contributed by atoms with Gasteiger partial charge in [0, 0.05) is 23.7 Å². The summed E-state index contributed by atoms with van der Waals surface area (Å²) in [6.07, 6.45) is 1.54. The van der Waals surface area contributed by atoms with Crippen LogP contribution < -0.4 is 5.32 Å². The van der Waals surface area contributed by atoms with Crippen LogP contribution in [0.4, 0.5) is 5.69 Å². The molecule has 20 heavy (non-hydrogen) atoms. The number of hydrogen-bond donors (Lipinski definition) is 1. The number of Topliss-reactive ketones (excluding diaryl/α,β-unsaturated/α-hetero) is 1. The Morgan fingerprint density at radius 2 is 1.70 bits per heavy atom. The number of benzene rings is 2. The van der Waals surface area contributed by atoms with Crippen LogP contribution in [-0.2, 0) is 6.42 Å². The first-order chi connectivity index (χ1) is 9.69. The van der Waals surface area contributed by atoms with E-state index in [1.807, 2.05) is 37.3 Å². The van der Waals surface area contributed by atoms with Crippen molar-refractivity contribution in [3.8, 4) is 0 Å². The highest BCUT2D eigenvalue weighted by molar-refractivity contribution is 5.96. The second-order valence-corrected chi connectivity index (χ2v) is 5.09. The Balaban J connectivity index is 1.94. The smallest absolute Gasteiger partial charge is 0.162 e. The zero-order chi connectivity index (χ0) is 14.4. The van der Waals surface area contributed by atoms with E-state index in [0.717, 1.165) is 17.7 Å². The fourth-order valence-electron chi connectivity index (χ4n) is 2.26. The Hall–Kier alpha value is -2.09. The van der Waals surface area contributed by atoms with Gasteiger partial charge in [0.25, 0.3) is 0 Å². The Labute approximate surface area is 120 Å². The van der Waals surface area contributed by atoms with Gasteiger partial charge in [-0.2, -0.15) is 0 Å². The minimum absolute atomic E-state index is 0.189. The maximum Gasteiger partial charge on any atom is 0.162 e. The van der Waals surface area contributed by atoms with Crippen molar-refractivity contribution in [1.82, 2.24) is 0 Å². The maximum atomic E-state index is 11.6. The minimum atomic E-state index is 0.189. The predicted molar refractivity (Wildman–Crippen MR) is 84.3 cm³/mol. The molecule has 2 aromatic rings. The standard InChI is InChI=1S/C18H21NO/c1-3-18(20)16-9-11-17(12-10-16)19-14(2)13-15-7-5-4-6-8-15/h4-12,14,19H,3,13H2,1-2H3. The van der Waals surface area contributed by atoms with Gasteiger partial charge in [0.2, 0.25) is 0 Å². The highest BCUT2D eigenvalue weighted by Gasteiger charge is 2.05. The highest BCUT2D eigenvalue weighted by atomic mass is 16.1. The van der Waals surface area contributed by atoms with Gasteiger partial charge in [-0.1, -0.05) is 37.3 Å². The van der Waals surface area contributed by atoms with Crippen LogP contribution in [0, 0.1) is 0 Å². The normalized spacial score (nSPS) is 11.9. The van der Waals surface area contributed by atoms with E-state index >= 15 is 0 Å². The molecule has 0 fully saturated rings. The van der Waals surface area contributed by atoms with Crippen LogP contribution in [0.3, 0.4) is 0 Å². The lowest BCUT2D eigenvalue weighted by atomic mass is 10.1. The van der Waals surface area contributed by atoms with E-state index in [0.29, 0.717) is 12.5 Å². The van der Waals surface area contributed by atoms with Gasteiger partial charge in [-0.15, -0.1) is 0 Å². The lowest BCUT2D eigenvalue weighted by Crippen LogP contribution is -2.18. The molecule has 0 spiro atoms. The van der Waals surface area contributed by atoms with Crippen LogP contribution in [0.1, 0.15) is 36.2 Å². The molecule has 0 saturated heterocycles. The Bertz CT molecular complexity index is 545. The van der Waals surface area contributed by atoms with Gasteiger partial charge in [0.15, 0.2) is 5.78 Å². The third-order valence-corrected chi connectivity index (χ3v) is 3.33. The topological polar surface area (TPSA) is 29.1 Å². The summed E-state index contributed by atoms with van der Waals surface area (Å²) >= 11 is 0. The molecule has 2 heteroatoms. The van der Waals surface area contributed by atoms with Crippen molar-refractivity contribution in [1.29, 1.82) is 0 Å². The molecule has 1 unspecified atom stereocenters. The van der Waals surface area contributed by atoms with E-state index in [2.05, 4.69) is 36.5 Å². The van der Waals surface area contributed by atoms with E-state index in [9.17, 15) is 4.79 Å². The molecule has 104 valence electrons. The first kappa shape index (κ1) is 14.3. The van der Waals surface area contributed by atoms with Gasteiger partial charge in [0.1, 0.15) is 0 Å². The zero-order valence-electron chi connectivity index (χ0n) is 12.1. The Morgan fingerprint density at radius 1 is 1.05 bits per heavy atom. The van der Waals surface area contributed by atoms with Gasteiger partial charge >= 0.3 is 0 Å². The molecule has 0 amide bonds. The first-order valence-electron chi connectivity index (χ1n) is 7.12. The van der Waals surface area contributed by atoms with Gasteiger partial charge in [0.05, 0.1) is 0 Å². The summed E-state index contributed by atoms with van der Waals surface area (Å²) in [5, 5.41) is 3.46. The first-order valence-corrected chi connectivity index (χ1v) is 7.12. The molecule has 0 saturated carbocycles. The fraction of sp³-hybridized carbons (Fsp3) is 0.278. The van der Waals surface area contributed by atoms with Crippen molar-refractivity contribution in [2.45, 2.75) is 32.7 Å². The monoisotopic (exact) mass is 267 g/mol. The molecule has 0 heterocycles. The fourth-order valence-corrected chi connectivity index (χ4v) is 2.26. The van der Waals surface area contributed by atoms with E-state index in [1.165, 1.54) is 5.56 Å². The molecule has 0 bridgehead atoms. The average Bonchev–Trinajstić information content (AvgIpc) is 2.48. The van der Waals surface area contributed by atoms with Gasteiger partial charge in [-0.3, -0.25) is 4.79 Å². The summed E-state index contributed by atoms with van der Waals surface area (Å²) in [5.41, 5.74) is 3.17. The van der Waals surface area contributed by atoms with E-state index in [-0.39, 0.29) is 5.78 Å². The number of anilines is 1. The molecule has 0 aromatic heterocycles. The third-order valence-electron chi connectivity index (χ3n) is 3.33. The van der Waals surface area contributed by atoms with Crippen LogP contribution in [0.2, 0.25) is 0 Å². The summed E-state index contributed by atoms with van der Waals surface area (Å²) in [6, 6.07) is 18.5. The summed E-state index contributed by atoms with van der Waals surface area (Å²) in [7, 11) is 0. The second-order valence-electron chi connectivity index (χ2n) is 5.09. The zero-order valence-corrected chi connectivity index (χ0v) is 12.1. The average molecular weight is 267 g/mol. The summed E-state index contributed by atoms with van der Waals surface area (Å²) in [6.45, 7) is 4.05. The van der Waals surface area contributed by atoms with Crippen molar-refractivity contribution in [3.05, 3.63) is 65.7 Å². The van der Waals surface area contributed by atoms with E-state index < -0.39 is 0 Å². The molecule has 2 aromatic carbocycles. The SMILES string of the molecule is CCC(=O)c1ccc(NC(C)Cc2ccccc2)cc1. The Morgan fingerprint density at radius 3 is 2.30 bits per heavy atom. The maximum absolute atomic E-state index is 11.6. The minimum Gasteiger partial charge on any atom is -0.382 e. The molecule has 0 radical (unpaired) electrons. The molecule has 0 aliphatic heterocycles. The van der Waals surface area contributed by atoms with E-state index in [4.69, 9.17) is 0 Å². The van der Waals surface area contributed by atoms with Crippen LogP contribution in [-0.4, -0.2) is 11.8 Å². The lowest BCUT2D eigenvalue weighted by Gasteiger charge is -2.15. The molecule has 2 nitrogen and oxygen atoms in total. The molecule has 0 aliphatic rings. The highest BCUT2D eigenvalue weighted by Crippen LogP contribution is 2.14. The van der Waals surface area contributed by atoms with Crippen LogP contribution >= 0.6 is 0 Å². The van der Waals surface area contributed by atoms with Crippen molar-refractivity contribution in [2.24, 2.45) is 0 Å². The largest absolute Gasteiger partial charge is 0.382 e. The van der Waals surface area contributed by atoms with Crippen molar-refractivity contribution >= 4 is 11.5 Å². The van der Waals surface area contributed by atoms with Gasteiger partial charge in [-0.05, 0) is 43.2 Å². The predicted octanol–water partition coefficient (Wildman–Crippen LogP) is 4.32. The molecule has 1 atom stereocenters. The van der Waals surface area contributed by atoms with E-state index in [1.54, 1.807) is 0 Å². The van der Waals surface area contributed by atoms with Crippen LogP contribution in [0.25, 0.3) is 0 Å². The number of carbonyl (C=O) groups excluding carboxylic acids is 1. The van der Waals surface area contributed by atoms with Crippen molar-refractivity contribution in [2.75, 3.05) is 5.32 Å². The van der Waals surface area contributed by atoms with Crippen molar-refractivity contribution < 1.29 is 4.79 Å². The summed E-state index contributed by atoms with van der Waals surface area (Å²) < 4.78 is 0. The summed E-state index contributed by atoms with van der Waals surface area (Å²) in [5.74, 6) is 0.189. The Kier molecular flexibility index (Phi) is 4.94. The number of rotatable bonds is 6. The molecular formula is C18H21NO. The van der Waals surface area contributed by atoms with Gasteiger partial charge < -0.3 is 5.32 Å². The van der Waals surface area contributed by atoms with Gasteiger partial charge in [-0.25, -0.2) is 0 Å².